The monoisotopic (exact) mass is 444 g/mol. The molecule has 1 aliphatic heterocycles. The lowest BCUT2D eigenvalue weighted by Crippen LogP contribution is -2.46. The van der Waals surface area contributed by atoms with Crippen molar-refractivity contribution in [3.63, 3.8) is 0 Å². The molecule has 3 rings (SSSR count). The average Bonchev–Trinajstić information content (AvgIpc) is 2.69. The number of rotatable bonds is 5. The quantitative estimate of drug-likeness (QED) is 0.562. The van der Waals surface area contributed by atoms with Crippen molar-refractivity contribution < 1.29 is 36.2 Å². The molecule has 0 saturated heterocycles. The van der Waals surface area contributed by atoms with Crippen molar-refractivity contribution in [3.8, 4) is 5.88 Å². The lowest BCUT2D eigenvalue weighted by molar-refractivity contribution is -0.208. The number of hydrogen-bond acceptors (Lipinski definition) is 7. The molecule has 0 amide bonds. The first kappa shape index (κ1) is 22.4. The van der Waals surface area contributed by atoms with Crippen molar-refractivity contribution in [2.75, 3.05) is 7.11 Å². The molecule has 0 radical (unpaired) electrons. The molecule has 2 aromatic rings. The molecule has 12 heteroatoms. The smallest absolute Gasteiger partial charge is 0.425 e. The van der Waals surface area contributed by atoms with Gasteiger partial charge < -0.3 is 15.2 Å². The van der Waals surface area contributed by atoms with Gasteiger partial charge in [-0.2, -0.15) is 13.2 Å². The lowest BCUT2D eigenvalue weighted by atomic mass is 9.84. The van der Waals surface area contributed by atoms with Crippen LogP contribution in [-0.4, -0.2) is 41.2 Å². The molecule has 0 saturated carbocycles. The number of amidine groups is 1. The van der Waals surface area contributed by atoms with Crippen molar-refractivity contribution in [1.29, 1.82) is 0 Å². The van der Waals surface area contributed by atoms with Crippen LogP contribution >= 0.6 is 0 Å². The zero-order valence-electron chi connectivity index (χ0n) is 16.3. The largest absolute Gasteiger partial charge is 0.480 e. The summed E-state index contributed by atoms with van der Waals surface area (Å²) in [7, 11) is 1.36. The van der Waals surface area contributed by atoms with E-state index in [4.69, 9.17) is 10.5 Å². The van der Waals surface area contributed by atoms with E-state index in [-0.39, 0.29) is 17.1 Å². The van der Waals surface area contributed by atoms with Crippen LogP contribution in [0.25, 0.3) is 0 Å². The van der Waals surface area contributed by atoms with E-state index < -0.39 is 59.7 Å². The number of Topliss-reactive ketones (excluding diaryl/α,β-unsaturated/α-hetero) is 1. The van der Waals surface area contributed by atoms with E-state index in [9.17, 15) is 26.7 Å². The zero-order valence-corrected chi connectivity index (χ0v) is 16.3. The van der Waals surface area contributed by atoms with Gasteiger partial charge in [0.15, 0.2) is 23.5 Å². The van der Waals surface area contributed by atoms with Gasteiger partial charge in [0.05, 0.1) is 25.0 Å². The predicted octanol–water partition coefficient (Wildman–Crippen LogP) is 3.07. The Kier molecular flexibility index (Phi) is 5.83. The van der Waals surface area contributed by atoms with Gasteiger partial charge in [0.2, 0.25) is 5.88 Å². The van der Waals surface area contributed by atoms with Gasteiger partial charge in [-0.05, 0) is 24.6 Å². The number of ketones is 1. The Labute approximate surface area is 173 Å². The van der Waals surface area contributed by atoms with Gasteiger partial charge in [-0.25, -0.2) is 23.7 Å². The molecule has 166 valence electrons. The Morgan fingerprint density at radius 1 is 1.29 bits per heavy atom. The second kappa shape index (κ2) is 8.08. The van der Waals surface area contributed by atoms with Crippen molar-refractivity contribution >= 4 is 11.8 Å². The minimum atomic E-state index is -4.79. The van der Waals surface area contributed by atoms with Gasteiger partial charge in [-0.15, -0.1) is 0 Å². The van der Waals surface area contributed by atoms with Gasteiger partial charge in [0.25, 0.3) is 6.02 Å². The lowest BCUT2D eigenvalue weighted by Gasteiger charge is -2.36. The van der Waals surface area contributed by atoms with Crippen molar-refractivity contribution in [1.82, 2.24) is 9.97 Å². The molecule has 2 N–H and O–H groups in total. The topological polar surface area (TPSA) is 99.7 Å². The van der Waals surface area contributed by atoms with Gasteiger partial charge in [0.1, 0.15) is 5.69 Å². The molecular formula is C19H17F5N4O3. The van der Waals surface area contributed by atoms with E-state index in [1.165, 1.54) is 20.2 Å². The van der Waals surface area contributed by atoms with Crippen LogP contribution in [0.2, 0.25) is 0 Å². The molecule has 0 aliphatic carbocycles. The Hall–Kier alpha value is -3.31. The third-order valence-electron chi connectivity index (χ3n) is 4.72. The molecule has 0 bridgehead atoms. The van der Waals surface area contributed by atoms with Gasteiger partial charge in [-0.1, -0.05) is 0 Å². The molecule has 1 aliphatic rings. The van der Waals surface area contributed by atoms with E-state index >= 15 is 0 Å². The number of nitrogens with two attached hydrogens (primary N) is 1. The van der Waals surface area contributed by atoms with Crippen LogP contribution in [0.4, 0.5) is 22.0 Å². The van der Waals surface area contributed by atoms with Crippen LogP contribution in [0.15, 0.2) is 29.5 Å². The number of carbonyl (C=O) groups is 1. The molecule has 2 atom stereocenters. The summed E-state index contributed by atoms with van der Waals surface area (Å²) in [6, 6.07) is 1.07. The highest BCUT2D eigenvalue weighted by molar-refractivity contribution is 5.95. The van der Waals surface area contributed by atoms with Crippen LogP contribution in [-0.2, 0) is 16.7 Å². The minimum Gasteiger partial charge on any atom is -0.480 e. The predicted molar refractivity (Wildman–Crippen MR) is 97.5 cm³/mol. The van der Waals surface area contributed by atoms with Crippen LogP contribution in [0.3, 0.4) is 0 Å². The van der Waals surface area contributed by atoms with Gasteiger partial charge in [-0.3, -0.25) is 4.79 Å². The maximum atomic E-state index is 14.6. The third-order valence-corrected chi connectivity index (χ3v) is 4.72. The molecule has 1 aromatic carbocycles. The highest BCUT2D eigenvalue weighted by atomic mass is 19.4. The summed E-state index contributed by atoms with van der Waals surface area (Å²) in [5.74, 6) is -3.12. The molecule has 0 unspecified atom stereocenters. The maximum Gasteiger partial charge on any atom is 0.425 e. The average molecular weight is 444 g/mol. The summed E-state index contributed by atoms with van der Waals surface area (Å²) in [5, 5.41) is 0. The number of aliphatic imine (C=N–C) groups is 1. The van der Waals surface area contributed by atoms with E-state index in [2.05, 4.69) is 19.7 Å². The van der Waals surface area contributed by atoms with Crippen LogP contribution in [0.1, 0.15) is 35.0 Å². The van der Waals surface area contributed by atoms with Crippen LogP contribution in [0.5, 0.6) is 5.88 Å². The van der Waals surface area contributed by atoms with E-state index in [0.29, 0.717) is 0 Å². The zero-order chi connectivity index (χ0) is 23.0. The fraction of sp³-hybridized carbons (Fsp3) is 0.368. The normalized spacial score (nSPS) is 21.3. The summed E-state index contributed by atoms with van der Waals surface area (Å²) < 4.78 is 77.7. The minimum absolute atomic E-state index is 0.0153. The van der Waals surface area contributed by atoms with Crippen molar-refractivity contribution in [2.45, 2.75) is 37.6 Å². The van der Waals surface area contributed by atoms with Crippen molar-refractivity contribution in [2.24, 2.45) is 10.7 Å². The molecular weight excluding hydrogens is 427 g/mol. The SMILES string of the molecule is COc1cnc(C(=O)Cc2cc(F)c(F)c([C@]3(C)C[C@@H](C(F)(F)F)OC(N)=N3)c2)cn1. The van der Waals surface area contributed by atoms with E-state index in [1.54, 1.807) is 0 Å². The molecule has 7 nitrogen and oxygen atoms in total. The number of hydrogen-bond donors (Lipinski definition) is 1. The highest BCUT2D eigenvalue weighted by Gasteiger charge is 2.50. The first-order valence-electron chi connectivity index (χ1n) is 8.89. The molecule has 0 spiro atoms. The number of halogens is 5. The number of methoxy groups -OCH3 is 1. The number of ether oxygens (including phenoxy) is 2. The first-order valence-corrected chi connectivity index (χ1v) is 8.89. The fourth-order valence-electron chi connectivity index (χ4n) is 3.20. The van der Waals surface area contributed by atoms with Crippen molar-refractivity contribution in [3.05, 3.63) is 53.0 Å². The molecule has 2 heterocycles. The number of carbonyl (C=O) groups excluding carboxylic acids is 1. The molecule has 0 fully saturated rings. The number of benzene rings is 1. The van der Waals surface area contributed by atoms with Gasteiger partial charge >= 0.3 is 6.18 Å². The second-order valence-corrected chi connectivity index (χ2v) is 7.06. The molecule has 1 aromatic heterocycles. The first-order chi connectivity index (χ1) is 14.4. The van der Waals surface area contributed by atoms with E-state index in [0.717, 1.165) is 18.3 Å². The second-order valence-electron chi connectivity index (χ2n) is 7.06. The Morgan fingerprint density at radius 3 is 2.58 bits per heavy atom. The Balaban J connectivity index is 1.95. The number of aromatic nitrogens is 2. The summed E-state index contributed by atoms with van der Waals surface area (Å²) in [6.45, 7) is 1.18. The summed E-state index contributed by atoms with van der Waals surface area (Å²) in [5.41, 5.74) is 2.99. The maximum absolute atomic E-state index is 14.6. The number of alkyl halides is 3. The summed E-state index contributed by atoms with van der Waals surface area (Å²) >= 11 is 0. The Bertz CT molecular complexity index is 1030. The Morgan fingerprint density at radius 2 is 2.00 bits per heavy atom. The molecule has 31 heavy (non-hydrogen) atoms. The van der Waals surface area contributed by atoms with Crippen LogP contribution < -0.4 is 10.5 Å². The van der Waals surface area contributed by atoms with Gasteiger partial charge in [0, 0.05) is 18.4 Å². The standard InChI is InChI=1S/C19H17F5N4O3/c1-18(6-14(19(22,23)24)31-17(25)28-18)10-3-9(4-11(20)16(10)21)5-13(29)12-7-27-15(30-2)8-26-12/h3-4,7-8,14H,5-6H2,1-2H3,(H2,25,28)/t14-,18-/m0/s1. The number of nitrogens with zero attached hydrogens (tertiary/aromatic N) is 3. The third kappa shape index (κ3) is 4.72. The summed E-state index contributed by atoms with van der Waals surface area (Å²) in [4.78, 5) is 23.9. The highest BCUT2D eigenvalue weighted by Crippen LogP contribution is 2.41. The van der Waals surface area contributed by atoms with Crippen LogP contribution in [0, 0.1) is 11.6 Å². The van der Waals surface area contributed by atoms with E-state index in [1.807, 2.05) is 0 Å². The summed E-state index contributed by atoms with van der Waals surface area (Å²) in [6.07, 6.45) is -6.01. The fourth-order valence-corrected chi connectivity index (χ4v) is 3.20.